The Labute approximate surface area is 74.6 Å². The van der Waals surface area contributed by atoms with Gasteiger partial charge in [0.1, 0.15) is 0 Å². The van der Waals surface area contributed by atoms with E-state index < -0.39 is 10.0 Å². The summed E-state index contributed by atoms with van der Waals surface area (Å²) in [5, 5.41) is 0. The van der Waals surface area contributed by atoms with E-state index in [0.717, 1.165) is 0 Å². The Hall–Kier alpha value is -0.0900. The van der Waals surface area contributed by atoms with Crippen molar-refractivity contribution in [2.45, 2.75) is 33.7 Å². The highest BCUT2D eigenvalue weighted by atomic mass is 32.2. The van der Waals surface area contributed by atoms with Crippen LogP contribution in [0.4, 0.5) is 0 Å². The molecule has 1 aliphatic rings. The Kier molecular flexibility index (Phi) is 1.86. The van der Waals surface area contributed by atoms with Gasteiger partial charge >= 0.3 is 0 Å². The molecule has 0 heterocycles. The largest absolute Gasteiger partial charge is 0.213 e. The van der Waals surface area contributed by atoms with Gasteiger partial charge in [-0.1, -0.05) is 27.7 Å². The van der Waals surface area contributed by atoms with Crippen molar-refractivity contribution < 1.29 is 8.42 Å². The van der Waals surface area contributed by atoms with Gasteiger partial charge in [-0.3, -0.25) is 0 Å². The molecule has 0 radical (unpaired) electrons. The lowest BCUT2D eigenvalue weighted by Gasteiger charge is -2.03. The highest BCUT2D eigenvalue weighted by Crippen LogP contribution is 2.62. The standard InChI is InChI=1S/C8H17NO2S/c1-7(2)6(8(7,3)4)9-12(5,10)11/h6,9H,1-5H3. The van der Waals surface area contributed by atoms with Gasteiger partial charge in [-0.05, 0) is 10.8 Å². The van der Waals surface area contributed by atoms with Crippen LogP contribution in [-0.4, -0.2) is 20.7 Å². The molecule has 1 fully saturated rings. The van der Waals surface area contributed by atoms with E-state index in [1.165, 1.54) is 6.26 Å². The van der Waals surface area contributed by atoms with Gasteiger partial charge in [-0.25, -0.2) is 13.1 Å². The lowest BCUT2D eigenvalue weighted by Crippen LogP contribution is -2.28. The number of hydrogen-bond acceptors (Lipinski definition) is 2. The van der Waals surface area contributed by atoms with Crippen molar-refractivity contribution in [3.05, 3.63) is 0 Å². The maximum atomic E-state index is 10.9. The van der Waals surface area contributed by atoms with Crippen LogP contribution in [0, 0.1) is 10.8 Å². The molecule has 1 saturated carbocycles. The molecule has 0 aromatic rings. The van der Waals surface area contributed by atoms with Crippen LogP contribution < -0.4 is 4.72 Å². The van der Waals surface area contributed by atoms with Crippen molar-refractivity contribution in [1.82, 2.24) is 4.72 Å². The predicted molar refractivity (Wildman–Crippen MR) is 49.3 cm³/mol. The fourth-order valence-corrected chi connectivity index (χ4v) is 2.72. The van der Waals surface area contributed by atoms with Crippen molar-refractivity contribution >= 4 is 10.0 Å². The molecular weight excluding hydrogens is 174 g/mol. The summed E-state index contributed by atoms with van der Waals surface area (Å²) in [7, 11) is -3.05. The summed E-state index contributed by atoms with van der Waals surface area (Å²) in [6.45, 7) is 8.32. The summed E-state index contributed by atoms with van der Waals surface area (Å²) < 4.78 is 24.5. The molecule has 12 heavy (non-hydrogen) atoms. The summed E-state index contributed by atoms with van der Waals surface area (Å²) in [5.74, 6) is 0. The number of nitrogens with one attached hydrogen (secondary N) is 1. The Bertz CT molecular complexity index is 276. The third-order valence-corrected chi connectivity index (χ3v) is 4.02. The van der Waals surface area contributed by atoms with Gasteiger partial charge in [0.15, 0.2) is 0 Å². The van der Waals surface area contributed by atoms with E-state index >= 15 is 0 Å². The Morgan fingerprint density at radius 1 is 1.08 bits per heavy atom. The van der Waals surface area contributed by atoms with Crippen molar-refractivity contribution in [2.75, 3.05) is 6.26 Å². The summed E-state index contributed by atoms with van der Waals surface area (Å²) in [4.78, 5) is 0. The monoisotopic (exact) mass is 191 g/mol. The van der Waals surface area contributed by atoms with E-state index in [4.69, 9.17) is 0 Å². The number of hydrogen-bond donors (Lipinski definition) is 1. The van der Waals surface area contributed by atoms with Crippen molar-refractivity contribution in [3.8, 4) is 0 Å². The average Bonchev–Trinajstić information content (AvgIpc) is 2.09. The van der Waals surface area contributed by atoms with Gasteiger partial charge in [0.25, 0.3) is 0 Å². The molecule has 1 aliphatic carbocycles. The predicted octanol–water partition coefficient (Wildman–Crippen LogP) is 0.970. The minimum Gasteiger partial charge on any atom is -0.213 e. The van der Waals surface area contributed by atoms with Gasteiger partial charge in [0, 0.05) is 6.04 Å². The minimum atomic E-state index is -3.05. The molecule has 0 unspecified atom stereocenters. The van der Waals surface area contributed by atoms with Crippen LogP contribution in [0.15, 0.2) is 0 Å². The molecule has 0 atom stereocenters. The van der Waals surface area contributed by atoms with Crippen LogP contribution in [0.25, 0.3) is 0 Å². The quantitative estimate of drug-likeness (QED) is 0.707. The van der Waals surface area contributed by atoms with Gasteiger partial charge in [-0.15, -0.1) is 0 Å². The molecule has 0 aromatic heterocycles. The summed E-state index contributed by atoms with van der Waals surface area (Å²) >= 11 is 0. The molecule has 72 valence electrons. The lowest BCUT2D eigenvalue weighted by atomic mass is 10.0. The molecular formula is C8H17NO2S. The maximum absolute atomic E-state index is 10.9. The van der Waals surface area contributed by atoms with Crippen LogP contribution in [0.2, 0.25) is 0 Å². The first-order valence-corrected chi connectivity index (χ1v) is 5.95. The highest BCUT2D eigenvalue weighted by Gasteiger charge is 2.65. The number of sulfonamides is 1. The third-order valence-electron chi connectivity index (χ3n) is 3.35. The molecule has 1 N–H and O–H groups in total. The first kappa shape index (κ1) is 9.99. The van der Waals surface area contributed by atoms with E-state index in [0.29, 0.717) is 0 Å². The molecule has 4 heteroatoms. The third kappa shape index (κ3) is 1.38. The van der Waals surface area contributed by atoms with E-state index in [9.17, 15) is 8.42 Å². The van der Waals surface area contributed by atoms with Crippen LogP contribution in [0.1, 0.15) is 27.7 Å². The van der Waals surface area contributed by atoms with E-state index in [1.54, 1.807) is 0 Å². The van der Waals surface area contributed by atoms with Crippen LogP contribution in [-0.2, 0) is 10.0 Å². The van der Waals surface area contributed by atoms with E-state index in [2.05, 4.69) is 32.4 Å². The molecule has 0 aromatic carbocycles. The minimum absolute atomic E-state index is 0.0794. The fourth-order valence-electron chi connectivity index (χ4n) is 1.71. The second-order valence-corrected chi connectivity index (χ2v) is 6.55. The normalized spacial score (nSPS) is 27.1. The fraction of sp³-hybridized carbons (Fsp3) is 1.00. The number of rotatable bonds is 2. The SMILES string of the molecule is CC1(C)C(NS(C)(=O)=O)C1(C)C. The van der Waals surface area contributed by atoms with Gasteiger partial charge in [0.05, 0.1) is 6.26 Å². The zero-order chi connectivity index (χ0) is 9.78. The Morgan fingerprint density at radius 3 is 1.50 bits per heavy atom. The first-order valence-electron chi connectivity index (χ1n) is 4.06. The molecule has 0 amide bonds. The van der Waals surface area contributed by atoms with Crippen molar-refractivity contribution in [1.29, 1.82) is 0 Å². The van der Waals surface area contributed by atoms with Crippen LogP contribution >= 0.6 is 0 Å². The molecule has 0 spiro atoms. The summed E-state index contributed by atoms with van der Waals surface area (Å²) in [5.41, 5.74) is 0.159. The Balaban J connectivity index is 2.74. The van der Waals surface area contributed by atoms with Crippen LogP contribution in [0.5, 0.6) is 0 Å². The summed E-state index contributed by atoms with van der Waals surface area (Å²) in [6, 6.07) is 0.0833. The van der Waals surface area contributed by atoms with Gasteiger partial charge < -0.3 is 0 Å². The molecule has 1 rings (SSSR count). The molecule has 0 aliphatic heterocycles. The van der Waals surface area contributed by atoms with Crippen LogP contribution in [0.3, 0.4) is 0 Å². The van der Waals surface area contributed by atoms with Crippen molar-refractivity contribution in [3.63, 3.8) is 0 Å². The highest BCUT2D eigenvalue weighted by molar-refractivity contribution is 7.88. The average molecular weight is 191 g/mol. The Morgan fingerprint density at radius 2 is 1.42 bits per heavy atom. The topological polar surface area (TPSA) is 46.2 Å². The van der Waals surface area contributed by atoms with E-state index in [-0.39, 0.29) is 16.9 Å². The maximum Gasteiger partial charge on any atom is 0.208 e. The smallest absolute Gasteiger partial charge is 0.208 e. The molecule has 0 saturated heterocycles. The second-order valence-electron chi connectivity index (χ2n) is 4.77. The zero-order valence-electron chi connectivity index (χ0n) is 8.30. The second kappa shape index (κ2) is 2.23. The van der Waals surface area contributed by atoms with E-state index in [1.807, 2.05) is 0 Å². The zero-order valence-corrected chi connectivity index (χ0v) is 9.12. The summed E-state index contributed by atoms with van der Waals surface area (Å²) in [6.07, 6.45) is 1.21. The van der Waals surface area contributed by atoms with Gasteiger partial charge in [0.2, 0.25) is 10.0 Å². The first-order chi connectivity index (χ1) is 5.09. The molecule has 0 bridgehead atoms. The van der Waals surface area contributed by atoms with Gasteiger partial charge in [-0.2, -0.15) is 0 Å². The molecule has 3 nitrogen and oxygen atoms in total. The lowest BCUT2D eigenvalue weighted by molar-refractivity contribution is 0.457. The van der Waals surface area contributed by atoms with Crippen molar-refractivity contribution in [2.24, 2.45) is 10.8 Å².